The first kappa shape index (κ1) is 23.6. The average Bonchev–Trinajstić information content (AvgIpc) is 3.28. The smallest absolute Gasteiger partial charge is 0.234 e. The number of nitriles is 1. The van der Waals surface area contributed by atoms with Gasteiger partial charge in [0.05, 0.1) is 28.3 Å². The van der Waals surface area contributed by atoms with Gasteiger partial charge < -0.3 is 10.6 Å². The number of allylic oxidation sites excluding steroid dienone is 3. The Labute approximate surface area is 206 Å². The Kier molecular flexibility index (Phi) is 6.71. The fourth-order valence-electron chi connectivity index (χ4n) is 4.30. The molecule has 0 fully saturated rings. The van der Waals surface area contributed by atoms with Crippen LogP contribution in [0, 0.1) is 23.7 Å². The minimum atomic E-state index is -0.393. The van der Waals surface area contributed by atoms with Gasteiger partial charge in [-0.05, 0) is 47.9 Å². The summed E-state index contributed by atoms with van der Waals surface area (Å²) in [5, 5.41) is 19.5. The Bertz CT molecular complexity index is 1220. The van der Waals surface area contributed by atoms with Gasteiger partial charge in [0.15, 0.2) is 5.78 Å². The molecule has 1 aromatic carbocycles. The Morgan fingerprint density at radius 1 is 1.33 bits per heavy atom. The van der Waals surface area contributed by atoms with Gasteiger partial charge in [0.2, 0.25) is 5.91 Å². The number of hydrogen-bond donors (Lipinski definition) is 2. The highest BCUT2D eigenvalue weighted by Gasteiger charge is 2.42. The van der Waals surface area contributed by atoms with Crippen molar-refractivity contribution in [3.8, 4) is 6.07 Å². The average molecular weight is 498 g/mol. The van der Waals surface area contributed by atoms with E-state index in [1.54, 1.807) is 12.1 Å². The SMILES string of the molecule is Cc1c(Cl)cccc1NC(=O)CSC1=C(C#N)[C@@H](c2cccs2)C2=C(CC(C)(C)CC2=O)N1. The van der Waals surface area contributed by atoms with E-state index in [4.69, 9.17) is 11.6 Å². The van der Waals surface area contributed by atoms with Gasteiger partial charge in [-0.1, -0.05) is 49.3 Å². The maximum atomic E-state index is 13.1. The molecule has 0 bridgehead atoms. The zero-order chi connectivity index (χ0) is 23.8. The van der Waals surface area contributed by atoms with E-state index in [-0.39, 0.29) is 22.9 Å². The molecule has 0 unspecified atom stereocenters. The summed E-state index contributed by atoms with van der Waals surface area (Å²) in [5.41, 5.74) is 3.35. The number of halogens is 1. The molecule has 1 atom stereocenters. The van der Waals surface area contributed by atoms with Crippen LogP contribution in [0.1, 0.15) is 43.0 Å². The third-order valence-corrected chi connectivity index (χ3v) is 8.21. The van der Waals surface area contributed by atoms with Crippen molar-refractivity contribution in [2.75, 3.05) is 11.1 Å². The first-order valence-corrected chi connectivity index (χ1v) is 12.8. The van der Waals surface area contributed by atoms with E-state index in [1.165, 1.54) is 23.1 Å². The van der Waals surface area contributed by atoms with Crippen molar-refractivity contribution in [3.05, 3.63) is 73.0 Å². The Hall–Kier alpha value is -2.53. The van der Waals surface area contributed by atoms with Gasteiger partial charge >= 0.3 is 0 Å². The zero-order valence-electron chi connectivity index (χ0n) is 18.6. The van der Waals surface area contributed by atoms with Crippen molar-refractivity contribution >= 4 is 52.1 Å². The summed E-state index contributed by atoms with van der Waals surface area (Å²) in [6.07, 6.45) is 1.17. The molecule has 33 heavy (non-hydrogen) atoms. The largest absolute Gasteiger partial charge is 0.352 e. The summed E-state index contributed by atoms with van der Waals surface area (Å²) in [7, 11) is 0. The summed E-state index contributed by atoms with van der Waals surface area (Å²) in [6.45, 7) is 6.01. The minimum Gasteiger partial charge on any atom is -0.352 e. The van der Waals surface area contributed by atoms with Crippen LogP contribution in [0.3, 0.4) is 0 Å². The number of anilines is 1. The van der Waals surface area contributed by atoms with Crippen molar-refractivity contribution in [3.63, 3.8) is 0 Å². The molecular weight excluding hydrogens is 474 g/mol. The quantitative estimate of drug-likeness (QED) is 0.518. The van der Waals surface area contributed by atoms with Gasteiger partial charge in [0, 0.05) is 33.3 Å². The van der Waals surface area contributed by atoms with Gasteiger partial charge in [-0.25, -0.2) is 0 Å². The highest BCUT2D eigenvalue weighted by Crippen LogP contribution is 2.48. The lowest BCUT2D eigenvalue weighted by Crippen LogP contribution is -2.36. The molecule has 8 heteroatoms. The molecule has 1 aliphatic carbocycles. The second-order valence-corrected chi connectivity index (χ2v) is 11.4. The lowest BCUT2D eigenvalue weighted by Gasteiger charge is -2.38. The standard InChI is InChI=1S/C25H24ClN3O2S2/c1-14-16(26)6-4-7-17(14)28-21(31)13-33-24-15(12-27)22(20-8-5-9-32-20)23-18(29-24)10-25(2,3)11-19(23)30/h4-9,22,29H,10-11,13H2,1-3H3,(H,28,31)/t22-/m0/s1. The molecule has 0 saturated carbocycles. The fourth-order valence-corrected chi connectivity index (χ4v) is 6.18. The monoisotopic (exact) mass is 497 g/mol. The summed E-state index contributed by atoms with van der Waals surface area (Å²) < 4.78 is 0. The molecule has 0 saturated heterocycles. The Balaban J connectivity index is 1.61. The van der Waals surface area contributed by atoms with Crippen LogP contribution in [0.4, 0.5) is 5.69 Å². The third-order valence-electron chi connectivity index (χ3n) is 5.84. The van der Waals surface area contributed by atoms with Crippen LogP contribution in [0.15, 0.2) is 57.6 Å². The predicted molar refractivity (Wildman–Crippen MR) is 135 cm³/mol. The van der Waals surface area contributed by atoms with Gasteiger partial charge in [-0.15, -0.1) is 11.3 Å². The second kappa shape index (κ2) is 9.38. The van der Waals surface area contributed by atoms with Crippen LogP contribution in [-0.2, 0) is 9.59 Å². The van der Waals surface area contributed by atoms with E-state index < -0.39 is 5.92 Å². The number of amides is 1. The van der Waals surface area contributed by atoms with Gasteiger partial charge in [0.25, 0.3) is 0 Å². The van der Waals surface area contributed by atoms with E-state index in [2.05, 4.69) is 30.6 Å². The maximum absolute atomic E-state index is 13.1. The van der Waals surface area contributed by atoms with Crippen molar-refractivity contribution in [2.24, 2.45) is 5.41 Å². The molecule has 1 aromatic heterocycles. The van der Waals surface area contributed by atoms with E-state index in [0.29, 0.717) is 39.7 Å². The summed E-state index contributed by atoms with van der Waals surface area (Å²) in [5.74, 6) is -0.380. The number of hydrogen-bond acceptors (Lipinski definition) is 6. The molecule has 0 radical (unpaired) electrons. The first-order valence-electron chi connectivity index (χ1n) is 10.6. The van der Waals surface area contributed by atoms with Crippen LogP contribution in [0.25, 0.3) is 0 Å². The number of Topliss-reactive ketones (excluding diaryl/α,β-unsaturated/α-hetero) is 1. The number of nitrogens with one attached hydrogen (secondary N) is 2. The van der Waals surface area contributed by atoms with Crippen LogP contribution in [-0.4, -0.2) is 17.4 Å². The maximum Gasteiger partial charge on any atom is 0.234 e. The van der Waals surface area contributed by atoms with Gasteiger partial charge in [-0.2, -0.15) is 5.26 Å². The number of dihydropyridines is 1. The van der Waals surface area contributed by atoms with Crippen LogP contribution < -0.4 is 10.6 Å². The third kappa shape index (κ3) is 4.89. The number of carbonyl (C=O) groups is 2. The summed E-state index contributed by atoms with van der Waals surface area (Å²) in [6, 6.07) is 11.6. The Morgan fingerprint density at radius 2 is 2.12 bits per heavy atom. The van der Waals surface area contributed by atoms with Crippen molar-refractivity contribution in [2.45, 2.75) is 39.5 Å². The lowest BCUT2D eigenvalue weighted by atomic mass is 9.70. The van der Waals surface area contributed by atoms with Crippen LogP contribution in [0.5, 0.6) is 0 Å². The molecule has 0 spiro atoms. The number of ketones is 1. The number of carbonyl (C=O) groups excluding carboxylic acids is 2. The minimum absolute atomic E-state index is 0.0816. The fraction of sp³-hybridized carbons (Fsp3) is 0.320. The summed E-state index contributed by atoms with van der Waals surface area (Å²) in [4.78, 5) is 26.8. The first-order chi connectivity index (χ1) is 15.7. The Morgan fingerprint density at radius 3 is 2.82 bits per heavy atom. The normalized spacial score (nSPS) is 19.6. The highest BCUT2D eigenvalue weighted by molar-refractivity contribution is 8.03. The molecule has 1 aliphatic heterocycles. The molecule has 5 nitrogen and oxygen atoms in total. The number of nitrogens with zero attached hydrogens (tertiary/aromatic N) is 1. The second-order valence-electron chi connectivity index (χ2n) is 9.01. The van der Waals surface area contributed by atoms with Crippen molar-refractivity contribution < 1.29 is 9.59 Å². The van der Waals surface area contributed by atoms with E-state index in [0.717, 1.165) is 16.1 Å². The molecule has 170 valence electrons. The molecule has 2 heterocycles. The van der Waals surface area contributed by atoms with Crippen LogP contribution in [0.2, 0.25) is 5.02 Å². The zero-order valence-corrected chi connectivity index (χ0v) is 21.0. The van der Waals surface area contributed by atoms with Crippen molar-refractivity contribution in [1.29, 1.82) is 5.26 Å². The molecule has 1 amide bonds. The topological polar surface area (TPSA) is 82.0 Å². The summed E-state index contributed by atoms with van der Waals surface area (Å²) >= 11 is 8.98. The molecule has 2 aliphatic rings. The number of thioether (sulfide) groups is 1. The number of benzene rings is 1. The predicted octanol–water partition coefficient (Wildman–Crippen LogP) is 6.15. The van der Waals surface area contributed by atoms with Crippen molar-refractivity contribution in [1.82, 2.24) is 5.32 Å². The van der Waals surface area contributed by atoms with E-state index in [1.807, 2.05) is 30.5 Å². The van der Waals surface area contributed by atoms with Gasteiger partial charge in [-0.3, -0.25) is 9.59 Å². The molecule has 2 aromatic rings. The molecule has 4 rings (SSSR count). The molecule has 2 N–H and O–H groups in total. The lowest BCUT2D eigenvalue weighted by molar-refractivity contribution is -0.118. The number of rotatable bonds is 5. The molecular formula is C25H24ClN3O2S2. The number of thiophene rings is 1. The highest BCUT2D eigenvalue weighted by atomic mass is 35.5. The van der Waals surface area contributed by atoms with Crippen LogP contribution >= 0.6 is 34.7 Å². The van der Waals surface area contributed by atoms with E-state index in [9.17, 15) is 14.9 Å². The van der Waals surface area contributed by atoms with Gasteiger partial charge in [0.1, 0.15) is 0 Å². The van der Waals surface area contributed by atoms with E-state index >= 15 is 0 Å².